The van der Waals surface area contributed by atoms with Crippen molar-refractivity contribution in [3.05, 3.63) is 18.2 Å². The number of methoxy groups -OCH3 is 1. The minimum absolute atomic E-state index is 0.00301. The number of phenols is 1. The van der Waals surface area contributed by atoms with Gasteiger partial charge in [-0.15, -0.1) is 0 Å². The molecule has 0 saturated heterocycles. The summed E-state index contributed by atoms with van der Waals surface area (Å²) in [5, 5.41) is 9.24. The average molecular weight is 196 g/mol. The number of carbonyl (C=O) groups is 1. The number of aromatic hydroxyl groups is 1. The van der Waals surface area contributed by atoms with Crippen molar-refractivity contribution in [1.82, 2.24) is 0 Å². The maximum Gasteiger partial charge on any atom is 0.310 e. The molecule has 0 saturated carbocycles. The molecule has 0 amide bonds. The Hall–Kier alpha value is -1.71. The van der Waals surface area contributed by atoms with Gasteiger partial charge in [0.1, 0.15) is 17.2 Å². The van der Waals surface area contributed by atoms with Crippen molar-refractivity contribution in [2.45, 2.75) is 13.3 Å². The van der Waals surface area contributed by atoms with Crippen LogP contribution in [-0.4, -0.2) is 18.2 Å². The van der Waals surface area contributed by atoms with Gasteiger partial charge in [-0.3, -0.25) is 4.79 Å². The zero-order valence-corrected chi connectivity index (χ0v) is 8.11. The van der Waals surface area contributed by atoms with Gasteiger partial charge < -0.3 is 14.6 Å². The summed E-state index contributed by atoms with van der Waals surface area (Å²) in [6.07, 6.45) is 0.290. The number of hydrogen-bond donors (Lipinski definition) is 1. The van der Waals surface area contributed by atoms with Gasteiger partial charge >= 0.3 is 5.97 Å². The highest BCUT2D eigenvalue weighted by Gasteiger charge is 2.05. The Morgan fingerprint density at radius 1 is 1.36 bits per heavy atom. The van der Waals surface area contributed by atoms with Crippen LogP contribution < -0.4 is 9.47 Å². The second-order valence-corrected chi connectivity index (χ2v) is 2.69. The van der Waals surface area contributed by atoms with Crippen molar-refractivity contribution in [3.8, 4) is 17.2 Å². The van der Waals surface area contributed by atoms with Crippen LogP contribution in [0, 0.1) is 0 Å². The van der Waals surface area contributed by atoms with Crippen molar-refractivity contribution < 1.29 is 19.4 Å². The first-order chi connectivity index (χ1) is 6.65. The van der Waals surface area contributed by atoms with E-state index in [4.69, 9.17) is 9.47 Å². The van der Waals surface area contributed by atoms with E-state index in [0.717, 1.165) is 0 Å². The van der Waals surface area contributed by atoms with Crippen molar-refractivity contribution >= 4 is 5.97 Å². The van der Waals surface area contributed by atoms with Gasteiger partial charge in [-0.2, -0.15) is 0 Å². The van der Waals surface area contributed by atoms with Crippen LogP contribution in [0.4, 0.5) is 0 Å². The van der Waals surface area contributed by atoms with Crippen molar-refractivity contribution in [1.29, 1.82) is 0 Å². The molecule has 0 aliphatic heterocycles. The maximum atomic E-state index is 10.9. The molecule has 0 fully saturated rings. The van der Waals surface area contributed by atoms with Gasteiger partial charge in [0.2, 0.25) is 0 Å². The highest BCUT2D eigenvalue weighted by molar-refractivity contribution is 5.72. The Bertz CT molecular complexity index is 333. The number of hydrogen-bond acceptors (Lipinski definition) is 4. The Morgan fingerprint density at radius 3 is 2.57 bits per heavy atom. The molecule has 0 aliphatic carbocycles. The molecule has 1 rings (SSSR count). The van der Waals surface area contributed by atoms with E-state index in [1.807, 2.05) is 0 Å². The molecule has 0 bridgehead atoms. The van der Waals surface area contributed by atoms with Gasteiger partial charge in [0.25, 0.3) is 0 Å². The summed E-state index contributed by atoms with van der Waals surface area (Å²) >= 11 is 0. The van der Waals surface area contributed by atoms with E-state index in [-0.39, 0.29) is 23.9 Å². The van der Waals surface area contributed by atoms with E-state index in [9.17, 15) is 9.90 Å². The van der Waals surface area contributed by atoms with E-state index in [0.29, 0.717) is 5.75 Å². The highest BCUT2D eigenvalue weighted by atomic mass is 16.5. The van der Waals surface area contributed by atoms with Gasteiger partial charge in [-0.05, 0) is 0 Å². The number of carbonyl (C=O) groups excluding carboxylic acids is 1. The summed E-state index contributed by atoms with van der Waals surface area (Å²) in [5.41, 5.74) is 0. The van der Waals surface area contributed by atoms with Crippen LogP contribution >= 0.6 is 0 Å². The summed E-state index contributed by atoms with van der Waals surface area (Å²) < 4.78 is 9.81. The zero-order chi connectivity index (χ0) is 10.6. The van der Waals surface area contributed by atoms with E-state index in [1.165, 1.54) is 25.3 Å². The molecule has 0 radical (unpaired) electrons. The number of ether oxygens (including phenoxy) is 2. The second kappa shape index (κ2) is 4.50. The monoisotopic (exact) mass is 196 g/mol. The average Bonchev–Trinajstić information content (AvgIpc) is 2.16. The zero-order valence-electron chi connectivity index (χ0n) is 8.11. The number of benzene rings is 1. The second-order valence-electron chi connectivity index (χ2n) is 2.69. The molecule has 0 atom stereocenters. The minimum atomic E-state index is -0.349. The Labute approximate surface area is 82.1 Å². The third kappa shape index (κ3) is 2.65. The first-order valence-corrected chi connectivity index (χ1v) is 4.24. The van der Waals surface area contributed by atoms with Crippen LogP contribution in [-0.2, 0) is 4.79 Å². The molecular formula is C10H12O4. The Kier molecular flexibility index (Phi) is 3.34. The lowest BCUT2D eigenvalue weighted by molar-refractivity contribution is -0.134. The van der Waals surface area contributed by atoms with E-state index in [1.54, 1.807) is 6.92 Å². The van der Waals surface area contributed by atoms with Crippen LogP contribution in [0.25, 0.3) is 0 Å². The van der Waals surface area contributed by atoms with Gasteiger partial charge in [0, 0.05) is 24.6 Å². The largest absolute Gasteiger partial charge is 0.508 e. The fourth-order valence-corrected chi connectivity index (χ4v) is 0.937. The highest BCUT2D eigenvalue weighted by Crippen LogP contribution is 2.26. The lowest BCUT2D eigenvalue weighted by Gasteiger charge is -2.05. The molecule has 14 heavy (non-hydrogen) atoms. The number of esters is 1. The van der Waals surface area contributed by atoms with Crippen LogP contribution in [0.2, 0.25) is 0 Å². The third-order valence-corrected chi connectivity index (χ3v) is 1.62. The fraction of sp³-hybridized carbons (Fsp3) is 0.300. The molecule has 1 aromatic rings. The van der Waals surface area contributed by atoms with Gasteiger partial charge in [0.15, 0.2) is 0 Å². The molecular weight excluding hydrogens is 184 g/mol. The first kappa shape index (κ1) is 10.4. The lowest BCUT2D eigenvalue weighted by Crippen LogP contribution is -2.05. The maximum absolute atomic E-state index is 10.9. The first-order valence-electron chi connectivity index (χ1n) is 4.24. The molecule has 0 aromatic heterocycles. The SMILES string of the molecule is CCC(=O)Oc1cc(O)cc(OC)c1. The quantitative estimate of drug-likeness (QED) is 0.590. The molecule has 4 heteroatoms. The van der Waals surface area contributed by atoms with Gasteiger partial charge in [0.05, 0.1) is 7.11 Å². The van der Waals surface area contributed by atoms with Crippen LogP contribution in [0.3, 0.4) is 0 Å². The Morgan fingerprint density at radius 2 is 2.00 bits per heavy atom. The van der Waals surface area contributed by atoms with Crippen LogP contribution in [0.1, 0.15) is 13.3 Å². The van der Waals surface area contributed by atoms with E-state index in [2.05, 4.69) is 0 Å². The molecule has 0 aliphatic rings. The smallest absolute Gasteiger partial charge is 0.310 e. The summed E-state index contributed by atoms with van der Waals surface area (Å²) in [6.45, 7) is 1.70. The number of rotatable bonds is 3. The third-order valence-electron chi connectivity index (χ3n) is 1.62. The normalized spacial score (nSPS) is 9.57. The molecule has 0 spiro atoms. The van der Waals surface area contributed by atoms with Crippen molar-refractivity contribution in [3.63, 3.8) is 0 Å². The van der Waals surface area contributed by atoms with Gasteiger partial charge in [-0.25, -0.2) is 0 Å². The molecule has 4 nitrogen and oxygen atoms in total. The molecule has 76 valence electrons. The topological polar surface area (TPSA) is 55.8 Å². The van der Waals surface area contributed by atoms with E-state index < -0.39 is 0 Å². The van der Waals surface area contributed by atoms with Crippen molar-refractivity contribution in [2.24, 2.45) is 0 Å². The standard InChI is InChI=1S/C10H12O4/c1-3-10(12)14-9-5-7(11)4-8(6-9)13-2/h4-6,11H,3H2,1-2H3. The molecule has 0 heterocycles. The van der Waals surface area contributed by atoms with E-state index >= 15 is 0 Å². The predicted molar refractivity (Wildman–Crippen MR) is 50.6 cm³/mol. The summed E-state index contributed by atoms with van der Waals surface area (Å²) in [6, 6.07) is 4.33. The summed E-state index contributed by atoms with van der Waals surface area (Å²) in [4.78, 5) is 10.9. The molecule has 1 aromatic carbocycles. The van der Waals surface area contributed by atoms with Crippen molar-refractivity contribution in [2.75, 3.05) is 7.11 Å². The fourth-order valence-electron chi connectivity index (χ4n) is 0.937. The number of phenolic OH excluding ortho intramolecular Hbond substituents is 1. The summed E-state index contributed by atoms with van der Waals surface area (Å²) in [7, 11) is 1.47. The van der Waals surface area contributed by atoms with Gasteiger partial charge in [-0.1, -0.05) is 6.92 Å². The Balaban J connectivity index is 2.86. The molecule has 1 N–H and O–H groups in total. The predicted octanol–water partition coefficient (Wildman–Crippen LogP) is 1.72. The lowest BCUT2D eigenvalue weighted by atomic mass is 10.3. The minimum Gasteiger partial charge on any atom is -0.508 e. The van der Waals surface area contributed by atoms with Crippen LogP contribution in [0.15, 0.2) is 18.2 Å². The van der Waals surface area contributed by atoms with Crippen LogP contribution in [0.5, 0.6) is 17.2 Å². The summed E-state index contributed by atoms with van der Waals surface area (Å²) in [5.74, 6) is 0.388. The molecule has 0 unspecified atom stereocenters.